The van der Waals surface area contributed by atoms with Gasteiger partial charge in [-0.1, -0.05) is 12.1 Å². The number of rotatable bonds is 4. The average Bonchev–Trinajstić information content (AvgIpc) is 3.26. The summed E-state index contributed by atoms with van der Waals surface area (Å²) in [6, 6.07) is 15.6. The molecule has 9 heteroatoms. The third-order valence-electron chi connectivity index (χ3n) is 5.04. The number of benzene rings is 2. The van der Waals surface area contributed by atoms with E-state index in [9.17, 15) is 4.79 Å². The fraction of sp³-hybridized carbons (Fsp3) is 0.143. The van der Waals surface area contributed by atoms with Crippen molar-refractivity contribution in [2.24, 2.45) is 7.05 Å². The van der Waals surface area contributed by atoms with Gasteiger partial charge in [-0.25, -0.2) is 14.6 Å². The van der Waals surface area contributed by atoms with Gasteiger partial charge in [-0.15, -0.1) is 0 Å². The highest BCUT2D eigenvalue weighted by atomic mass is 79.9. The van der Waals surface area contributed by atoms with Crippen LogP contribution in [-0.4, -0.2) is 36.0 Å². The average molecular weight is 465 g/mol. The third-order valence-corrected chi connectivity index (χ3v) is 5.60. The van der Waals surface area contributed by atoms with E-state index in [4.69, 9.17) is 9.72 Å². The van der Waals surface area contributed by atoms with E-state index in [2.05, 4.69) is 26.0 Å². The van der Waals surface area contributed by atoms with Gasteiger partial charge in [-0.3, -0.25) is 13.9 Å². The van der Waals surface area contributed by atoms with Crippen LogP contribution in [-0.2, 0) is 13.6 Å². The smallest absolute Gasteiger partial charge is 0.266 e. The van der Waals surface area contributed by atoms with Crippen molar-refractivity contribution >= 4 is 38.0 Å². The number of hydrogen-bond donors (Lipinski definition) is 0. The molecule has 0 aliphatic rings. The number of halogens is 1. The van der Waals surface area contributed by atoms with Gasteiger partial charge in [0.25, 0.3) is 5.56 Å². The van der Waals surface area contributed by atoms with Crippen molar-refractivity contribution in [3.63, 3.8) is 0 Å². The van der Waals surface area contributed by atoms with Crippen LogP contribution < -0.4 is 10.3 Å². The van der Waals surface area contributed by atoms with Crippen LogP contribution in [0.3, 0.4) is 0 Å². The molecule has 3 heterocycles. The SMILES string of the molecule is COc1ccc(-n2c(Cn3cnc4c(c(Br)nn4C)c3=O)nc3ccccc32)cc1. The molecule has 8 nitrogen and oxygen atoms in total. The van der Waals surface area contributed by atoms with E-state index in [0.717, 1.165) is 28.3 Å². The van der Waals surface area contributed by atoms with E-state index < -0.39 is 0 Å². The van der Waals surface area contributed by atoms with Gasteiger partial charge in [0.15, 0.2) is 5.65 Å². The minimum Gasteiger partial charge on any atom is -0.497 e. The van der Waals surface area contributed by atoms with E-state index in [1.54, 1.807) is 23.4 Å². The molecular formula is C21H17BrN6O2. The number of hydrogen-bond acceptors (Lipinski definition) is 5. The van der Waals surface area contributed by atoms with Crippen LogP contribution in [0.5, 0.6) is 5.75 Å². The number of aryl methyl sites for hydroxylation is 1. The molecule has 30 heavy (non-hydrogen) atoms. The largest absolute Gasteiger partial charge is 0.497 e. The van der Waals surface area contributed by atoms with Gasteiger partial charge >= 0.3 is 0 Å². The molecule has 0 amide bonds. The molecule has 2 aromatic carbocycles. The molecule has 5 rings (SSSR count). The van der Waals surface area contributed by atoms with Crippen LogP contribution in [0.25, 0.3) is 27.8 Å². The Morgan fingerprint density at radius 1 is 1.10 bits per heavy atom. The van der Waals surface area contributed by atoms with Crippen LogP contribution in [0, 0.1) is 0 Å². The summed E-state index contributed by atoms with van der Waals surface area (Å²) in [5.74, 6) is 1.50. The normalized spacial score (nSPS) is 11.4. The highest BCUT2D eigenvalue weighted by Crippen LogP contribution is 2.24. The molecule has 0 saturated heterocycles. The lowest BCUT2D eigenvalue weighted by atomic mass is 10.2. The van der Waals surface area contributed by atoms with Crippen LogP contribution in [0.15, 0.2) is 64.3 Å². The van der Waals surface area contributed by atoms with Crippen molar-refractivity contribution in [2.75, 3.05) is 7.11 Å². The van der Waals surface area contributed by atoms with E-state index in [0.29, 0.717) is 15.6 Å². The number of nitrogens with zero attached hydrogens (tertiary/aromatic N) is 6. The Morgan fingerprint density at radius 2 is 1.87 bits per heavy atom. The maximum absolute atomic E-state index is 13.1. The second kappa shape index (κ2) is 7.10. The molecule has 0 radical (unpaired) electrons. The molecule has 0 atom stereocenters. The Labute approximate surface area is 179 Å². The highest BCUT2D eigenvalue weighted by molar-refractivity contribution is 9.10. The topological polar surface area (TPSA) is 79.8 Å². The first kappa shape index (κ1) is 18.6. The first-order chi connectivity index (χ1) is 14.6. The fourth-order valence-electron chi connectivity index (χ4n) is 3.60. The number of ether oxygens (including phenoxy) is 1. The van der Waals surface area contributed by atoms with Crippen molar-refractivity contribution in [1.29, 1.82) is 0 Å². The monoisotopic (exact) mass is 464 g/mol. The number of methoxy groups -OCH3 is 1. The Hall–Kier alpha value is -3.46. The zero-order valence-corrected chi connectivity index (χ0v) is 17.9. The Balaban J connectivity index is 1.68. The van der Waals surface area contributed by atoms with Crippen molar-refractivity contribution in [3.05, 3.63) is 75.6 Å². The second-order valence-corrected chi connectivity index (χ2v) is 7.59. The number of para-hydroxylation sites is 2. The highest BCUT2D eigenvalue weighted by Gasteiger charge is 2.17. The number of aromatic nitrogens is 6. The second-order valence-electron chi connectivity index (χ2n) is 6.84. The number of imidazole rings is 1. The summed E-state index contributed by atoms with van der Waals surface area (Å²) in [7, 11) is 3.39. The Bertz CT molecular complexity index is 1450. The zero-order chi connectivity index (χ0) is 20.8. The minimum atomic E-state index is -0.173. The summed E-state index contributed by atoms with van der Waals surface area (Å²) in [6.45, 7) is 0.268. The molecule has 0 saturated carbocycles. The van der Waals surface area contributed by atoms with Gasteiger partial charge in [0, 0.05) is 12.7 Å². The summed E-state index contributed by atoms with van der Waals surface area (Å²) in [5, 5.41) is 4.69. The van der Waals surface area contributed by atoms with E-state index in [1.807, 2.05) is 53.1 Å². The first-order valence-electron chi connectivity index (χ1n) is 9.25. The third kappa shape index (κ3) is 2.89. The van der Waals surface area contributed by atoms with Crippen LogP contribution in [0.1, 0.15) is 5.82 Å². The summed E-state index contributed by atoms with van der Waals surface area (Å²) >= 11 is 3.36. The van der Waals surface area contributed by atoms with Gasteiger partial charge in [-0.2, -0.15) is 5.10 Å². The lowest BCUT2D eigenvalue weighted by Gasteiger charge is -2.11. The van der Waals surface area contributed by atoms with Crippen LogP contribution >= 0.6 is 15.9 Å². The predicted octanol–water partition coefficient (Wildman–Crippen LogP) is 3.29. The van der Waals surface area contributed by atoms with Gasteiger partial charge in [0.05, 0.1) is 24.7 Å². The lowest BCUT2D eigenvalue weighted by Crippen LogP contribution is -2.23. The van der Waals surface area contributed by atoms with E-state index in [1.165, 1.54) is 6.33 Å². The standard InChI is InChI=1S/C21H17BrN6O2/c1-26-20-18(19(22)25-26)21(29)27(12-23-20)11-17-24-15-5-3-4-6-16(15)28(17)13-7-9-14(30-2)10-8-13/h3-10,12H,11H2,1-2H3. The molecular weight excluding hydrogens is 448 g/mol. The van der Waals surface area contributed by atoms with Crippen molar-refractivity contribution in [2.45, 2.75) is 6.54 Å². The summed E-state index contributed by atoms with van der Waals surface area (Å²) in [4.78, 5) is 22.3. The van der Waals surface area contributed by atoms with Gasteiger partial charge in [0.1, 0.15) is 27.9 Å². The summed E-state index contributed by atoms with van der Waals surface area (Å²) in [6.07, 6.45) is 1.54. The molecule has 0 fully saturated rings. The number of fused-ring (bicyclic) bond motifs is 2. The molecule has 5 aromatic rings. The van der Waals surface area contributed by atoms with E-state index >= 15 is 0 Å². The van der Waals surface area contributed by atoms with Gasteiger partial charge in [-0.05, 0) is 52.3 Å². The van der Waals surface area contributed by atoms with Crippen molar-refractivity contribution in [3.8, 4) is 11.4 Å². The molecule has 0 bridgehead atoms. The summed E-state index contributed by atoms with van der Waals surface area (Å²) in [5.41, 5.74) is 3.11. The van der Waals surface area contributed by atoms with Crippen molar-refractivity contribution < 1.29 is 4.74 Å². The first-order valence-corrected chi connectivity index (χ1v) is 10.0. The molecule has 150 valence electrons. The molecule has 0 aliphatic carbocycles. The molecule has 0 unspecified atom stereocenters. The van der Waals surface area contributed by atoms with Crippen LogP contribution in [0.4, 0.5) is 0 Å². The molecule has 0 aliphatic heterocycles. The Morgan fingerprint density at radius 3 is 2.63 bits per heavy atom. The maximum atomic E-state index is 13.1. The molecule has 3 aromatic heterocycles. The fourth-order valence-corrected chi connectivity index (χ4v) is 4.19. The maximum Gasteiger partial charge on any atom is 0.266 e. The van der Waals surface area contributed by atoms with E-state index in [-0.39, 0.29) is 12.1 Å². The summed E-state index contributed by atoms with van der Waals surface area (Å²) < 4.78 is 10.9. The minimum absolute atomic E-state index is 0.173. The molecule has 0 spiro atoms. The van der Waals surface area contributed by atoms with Crippen LogP contribution in [0.2, 0.25) is 0 Å². The lowest BCUT2D eigenvalue weighted by molar-refractivity contribution is 0.414. The van der Waals surface area contributed by atoms with Gasteiger partial charge < -0.3 is 4.74 Å². The van der Waals surface area contributed by atoms with Gasteiger partial charge in [0.2, 0.25) is 0 Å². The zero-order valence-electron chi connectivity index (χ0n) is 16.3. The predicted molar refractivity (Wildman–Crippen MR) is 117 cm³/mol. The quantitative estimate of drug-likeness (QED) is 0.407. The molecule has 0 N–H and O–H groups in total. The van der Waals surface area contributed by atoms with Crippen molar-refractivity contribution in [1.82, 2.24) is 28.9 Å². The Kier molecular flexibility index (Phi) is 4.39.